The Labute approximate surface area is 87.1 Å². The van der Waals surface area contributed by atoms with Crippen molar-refractivity contribution < 1.29 is 18.3 Å². The van der Waals surface area contributed by atoms with Gasteiger partial charge in [-0.1, -0.05) is 0 Å². The van der Waals surface area contributed by atoms with E-state index in [9.17, 15) is 13.2 Å². The predicted molar refractivity (Wildman–Crippen MR) is 49.0 cm³/mol. The number of nitrogens with zero attached hydrogens (tertiary/aromatic N) is 2. The van der Waals surface area contributed by atoms with Gasteiger partial charge in [-0.05, 0) is 13.8 Å². The van der Waals surface area contributed by atoms with E-state index in [4.69, 9.17) is 10.4 Å². The predicted octanol–water partition coefficient (Wildman–Crippen LogP) is 1.39. The van der Waals surface area contributed by atoms with Gasteiger partial charge in [0.05, 0.1) is 12.7 Å². The topological polar surface area (TPSA) is 47.3 Å². The van der Waals surface area contributed by atoms with Crippen LogP contribution in [0, 0.1) is 17.2 Å². The van der Waals surface area contributed by atoms with Crippen molar-refractivity contribution in [1.29, 1.82) is 5.26 Å². The fourth-order valence-corrected chi connectivity index (χ4v) is 1.14. The fourth-order valence-electron chi connectivity index (χ4n) is 1.14. The molecule has 0 spiro atoms. The van der Waals surface area contributed by atoms with E-state index in [0.717, 1.165) is 0 Å². The van der Waals surface area contributed by atoms with Crippen molar-refractivity contribution in [3.05, 3.63) is 0 Å². The molecule has 0 aliphatic carbocycles. The highest BCUT2D eigenvalue weighted by Gasteiger charge is 2.41. The maximum Gasteiger partial charge on any atom is 0.405 e. The molecule has 0 fully saturated rings. The number of rotatable bonds is 5. The van der Waals surface area contributed by atoms with E-state index in [1.165, 1.54) is 11.0 Å². The molecular formula is C9H15F3N2O. The van der Waals surface area contributed by atoms with Crippen molar-refractivity contribution in [1.82, 2.24) is 4.90 Å². The Balaban J connectivity index is 4.44. The van der Waals surface area contributed by atoms with E-state index in [1.54, 1.807) is 13.8 Å². The first-order chi connectivity index (χ1) is 6.82. The van der Waals surface area contributed by atoms with Crippen LogP contribution in [0.3, 0.4) is 0 Å². The van der Waals surface area contributed by atoms with Crippen molar-refractivity contribution in [3.63, 3.8) is 0 Å². The van der Waals surface area contributed by atoms with E-state index in [1.807, 2.05) is 0 Å². The third-order valence-electron chi connectivity index (χ3n) is 2.09. The molecule has 0 aliphatic heterocycles. The number of hydrogen-bond acceptors (Lipinski definition) is 3. The van der Waals surface area contributed by atoms with E-state index in [2.05, 4.69) is 0 Å². The number of hydrogen-bond donors (Lipinski definition) is 1. The Morgan fingerprint density at radius 1 is 1.40 bits per heavy atom. The van der Waals surface area contributed by atoms with Crippen molar-refractivity contribution >= 4 is 0 Å². The summed E-state index contributed by atoms with van der Waals surface area (Å²) in [6, 6.07) is 1.11. The molecule has 0 radical (unpaired) electrons. The number of alkyl halides is 3. The monoisotopic (exact) mass is 224 g/mol. The van der Waals surface area contributed by atoms with Gasteiger partial charge < -0.3 is 5.11 Å². The quantitative estimate of drug-likeness (QED) is 0.767. The standard InChI is InChI=1S/C9H15F3N2O/c1-7(2)14(3-4-15)6-8(5-13)9(10,11)12/h7-8,15H,3-4,6H2,1-2H3. The average molecular weight is 224 g/mol. The van der Waals surface area contributed by atoms with Crippen LogP contribution in [0.5, 0.6) is 0 Å². The SMILES string of the molecule is CC(C)N(CCO)CC(C#N)C(F)(F)F. The van der Waals surface area contributed by atoms with Gasteiger partial charge in [-0.25, -0.2) is 0 Å². The van der Waals surface area contributed by atoms with Crippen LogP contribution < -0.4 is 0 Å². The molecule has 0 aliphatic rings. The van der Waals surface area contributed by atoms with Gasteiger partial charge in [0.1, 0.15) is 0 Å². The molecular weight excluding hydrogens is 209 g/mol. The lowest BCUT2D eigenvalue weighted by molar-refractivity contribution is -0.164. The number of nitriles is 1. The molecule has 0 aromatic rings. The molecule has 6 heteroatoms. The summed E-state index contributed by atoms with van der Waals surface area (Å²) in [6.45, 7) is 2.99. The van der Waals surface area contributed by atoms with Crippen molar-refractivity contribution in [3.8, 4) is 6.07 Å². The Morgan fingerprint density at radius 2 is 1.93 bits per heavy atom. The first kappa shape index (κ1) is 14.2. The zero-order valence-electron chi connectivity index (χ0n) is 8.75. The van der Waals surface area contributed by atoms with Gasteiger partial charge in [-0.2, -0.15) is 18.4 Å². The molecule has 1 N–H and O–H groups in total. The van der Waals surface area contributed by atoms with Crippen LogP contribution in [0.25, 0.3) is 0 Å². The first-order valence-electron chi connectivity index (χ1n) is 4.64. The Morgan fingerprint density at radius 3 is 2.20 bits per heavy atom. The van der Waals surface area contributed by atoms with Gasteiger partial charge in [-0.3, -0.25) is 4.90 Å². The summed E-state index contributed by atoms with van der Waals surface area (Å²) in [5.41, 5.74) is 0. The number of aliphatic hydroxyl groups is 1. The lowest BCUT2D eigenvalue weighted by Gasteiger charge is -2.28. The van der Waals surface area contributed by atoms with Crippen molar-refractivity contribution in [2.45, 2.75) is 26.1 Å². The van der Waals surface area contributed by atoms with Crippen LogP contribution in [0.15, 0.2) is 0 Å². The summed E-state index contributed by atoms with van der Waals surface area (Å²) in [5, 5.41) is 17.1. The van der Waals surface area contributed by atoms with Gasteiger partial charge >= 0.3 is 6.18 Å². The molecule has 1 atom stereocenters. The van der Waals surface area contributed by atoms with E-state index in [0.29, 0.717) is 0 Å². The lowest BCUT2D eigenvalue weighted by atomic mass is 10.1. The smallest absolute Gasteiger partial charge is 0.395 e. The molecule has 3 nitrogen and oxygen atoms in total. The summed E-state index contributed by atoms with van der Waals surface area (Å²) in [4.78, 5) is 1.43. The largest absolute Gasteiger partial charge is 0.405 e. The second-order valence-corrected chi connectivity index (χ2v) is 3.54. The molecule has 15 heavy (non-hydrogen) atoms. The van der Waals surface area contributed by atoms with E-state index < -0.39 is 18.6 Å². The van der Waals surface area contributed by atoms with Gasteiger partial charge in [0.2, 0.25) is 0 Å². The van der Waals surface area contributed by atoms with Gasteiger partial charge in [0, 0.05) is 19.1 Å². The lowest BCUT2D eigenvalue weighted by Crippen LogP contribution is -2.41. The van der Waals surface area contributed by atoms with Crippen LogP contribution in [-0.2, 0) is 0 Å². The molecule has 0 aromatic heterocycles. The van der Waals surface area contributed by atoms with Crippen LogP contribution >= 0.6 is 0 Å². The third-order valence-corrected chi connectivity index (χ3v) is 2.09. The van der Waals surface area contributed by atoms with Gasteiger partial charge in [-0.15, -0.1) is 0 Å². The van der Waals surface area contributed by atoms with Crippen molar-refractivity contribution in [2.75, 3.05) is 19.7 Å². The summed E-state index contributed by atoms with van der Waals surface area (Å²) in [6.07, 6.45) is -4.50. The van der Waals surface area contributed by atoms with Crippen LogP contribution in [-0.4, -0.2) is 41.9 Å². The number of halogens is 3. The molecule has 0 bridgehead atoms. The van der Waals surface area contributed by atoms with Crippen molar-refractivity contribution in [2.24, 2.45) is 5.92 Å². The third kappa shape index (κ3) is 5.00. The minimum absolute atomic E-state index is 0.129. The molecule has 0 saturated carbocycles. The maximum absolute atomic E-state index is 12.3. The molecule has 0 aromatic carbocycles. The summed E-state index contributed by atoms with van der Waals surface area (Å²) in [5.74, 6) is -1.99. The average Bonchev–Trinajstić information content (AvgIpc) is 2.09. The molecule has 88 valence electrons. The molecule has 0 saturated heterocycles. The van der Waals surface area contributed by atoms with Crippen LogP contribution in [0.1, 0.15) is 13.8 Å². The number of aliphatic hydroxyl groups excluding tert-OH is 1. The Hall–Kier alpha value is -0.800. The van der Waals surface area contributed by atoms with Gasteiger partial charge in [0.25, 0.3) is 0 Å². The van der Waals surface area contributed by atoms with E-state index >= 15 is 0 Å². The summed E-state index contributed by atoms with van der Waals surface area (Å²) >= 11 is 0. The molecule has 0 heterocycles. The Kier molecular flexibility index (Phi) is 5.61. The Bertz CT molecular complexity index is 222. The second kappa shape index (κ2) is 5.93. The molecule has 1 unspecified atom stereocenters. The normalized spacial score (nSPS) is 14.3. The van der Waals surface area contributed by atoms with Gasteiger partial charge in [0.15, 0.2) is 5.92 Å². The maximum atomic E-state index is 12.3. The molecule has 0 rings (SSSR count). The van der Waals surface area contributed by atoms with E-state index in [-0.39, 0.29) is 19.2 Å². The fraction of sp³-hybridized carbons (Fsp3) is 0.889. The zero-order chi connectivity index (χ0) is 12.1. The minimum atomic E-state index is -4.50. The van der Waals surface area contributed by atoms with Crippen LogP contribution in [0.4, 0.5) is 13.2 Å². The molecule has 0 amide bonds. The minimum Gasteiger partial charge on any atom is -0.395 e. The zero-order valence-corrected chi connectivity index (χ0v) is 8.75. The highest BCUT2D eigenvalue weighted by atomic mass is 19.4. The summed E-state index contributed by atoms with van der Waals surface area (Å²) < 4.78 is 36.8. The first-order valence-corrected chi connectivity index (χ1v) is 4.64. The highest BCUT2D eigenvalue weighted by molar-refractivity contribution is 4.91. The van der Waals surface area contributed by atoms with Crippen LogP contribution in [0.2, 0.25) is 0 Å². The summed E-state index contributed by atoms with van der Waals surface area (Å²) in [7, 11) is 0. The highest BCUT2D eigenvalue weighted by Crippen LogP contribution is 2.26. The second-order valence-electron chi connectivity index (χ2n) is 3.54.